The number of carbonyl (C=O) groups is 1. The predicted molar refractivity (Wildman–Crippen MR) is 101 cm³/mol. The molecule has 1 fully saturated rings. The summed E-state index contributed by atoms with van der Waals surface area (Å²) < 4.78 is 1.37. The molecule has 0 atom stereocenters. The van der Waals surface area contributed by atoms with Crippen LogP contribution in [0.2, 0.25) is 5.02 Å². The summed E-state index contributed by atoms with van der Waals surface area (Å²) in [5.41, 5.74) is 0.894. The van der Waals surface area contributed by atoms with Gasteiger partial charge in [-0.1, -0.05) is 23.7 Å². The number of aromatic nitrogens is 2. The summed E-state index contributed by atoms with van der Waals surface area (Å²) in [4.78, 5) is 30.3. The smallest absolute Gasteiger partial charge is 0.320 e. The van der Waals surface area contributed by atoms with Gasteiger partial charge in [0.25, 0.3) is 5.56 Å². The molecule has 0 bridgehead atoms. The average Bonchev–Trinajstić information content (AvgIpc) is 2.62. The highest BCUT2D eigenvalue weighted by Crippen LogP contribution is 2.16. The summed E-state index contributed by atoms with van der Waals surface area (Å²) in [7, 11) is 1.61. The summed E-state index contributed by atoms with van der Waals surface area (Å²) in [6.45, 7) is 2.68. The number of carbonyl (C=O) groups excluding carboxylic acids is 1. The Morgan fingerprint density at radius 3 is 2.65 bits per heavy atom. The maximum atomic E-state index is 12.1. The lowest BCUT2D eigenvalue weighted by atomic mass is 10.0. The van der Waals surface area contributed by atoms with Crippen LogP contribution in [0.5, 0.6) is 0 Å². The number of rotatable bonds is 4. The summed E-state index contributed by atoms with van der Waals surface area (Å²) in [6.07, 6.45) is 4.75. The molecule has 1 aromatic carbocycles. The van der Waals surface area contributed by atoms with Gasteiger partial charge in [0.15, 0.2) is 0 Å². The van der Waals surface area contributed by atoms with Gasteiger partial charge in [-0.25, -0.2) is 9.78 Å². The largest absolute Gasteiger partial charge is 0.335 e. The number of nitrogens with zero attached hydrogens (tertiary/aromatic N) is 3. The van der Waals surface area contributed by atoms with Crippen molar-refractivity contribution in [2.45, 2.75) is 25.4 Å². The molecule has 26 heavy (non-hydrogen) atoms. The van der Waals surface area contributed by atoms with E-state index < -0.39 is 6.03 Å². The van der Waals surface area contributed by atoms with E-state index in [2.05, 4.69) is 20.5 Å². The van der Waals surface area contributed by atoms with Crippen LogP contribution in [-0.2, 0) is 13.6 Å². The topological polar surface area (TPSA) is 79.3 Å². The molecular weight excluding hydrogens is 354 g/mol. The summed E-state index contributed by atoms with van der Waals surface area (Å²) in [5, 5.41) is 6.20. The second-order valence-corrected chi connectivity index (χ2v) is 6.90. The molecule has 0 unspecified atom stereocenters. The fourth-order valence-electron chi connectivity index (χ4n) is 3.00. The number of piperidine rings is 1. The van der Waals surface area contributed by atoms with Gasteiger partial charge in [0.05, 0.1) is 0 Å². The minimum absolute atomic E-state index is 0.0349. The minimum Gasteiger partial charge on any atom is -0.335 e. The van der Waals surface area contributed by atoms with Crippen LogP contribution in [0, 0.1) is 0 Å². The number of urea groups is 1. The summed E-state index contributed by atoms with van der Waals surface area (Å²) in [6, 6.07) is 7.57. The van der Waals surface area contributed by atoms with Crippen LogP contribution in [-0.4, -0.2) is 39.6 Å². The van der Waals surface area contributed by atoms with Crippen molar-refractivity contribution in [3.63, 3.8) is 0 Å². The third-order valence-electron chi connectivity index (χ3n) is 4.49. The van der Waals surface area contributed by atoms with Gasteiger partial charge in [0, 0.05) is 50.1 Å². The van der Waals surface area contributed by atoms with E-state index in [4.69, 9.17) is 11.6 Å². The van der Waals surface area contributed by atoms with Crippen molar-refractivity contribution in [1.82, 2.24) is 19.8 Å². The van der Waals surface area contributed by atoms with Crippen LogP contribution < -0.4 is 16.2 Å². The third-order valence-corrected chi connectivity index (χ3v) is 4.74. The van der Waals surface area contributed by atoms with Crippen LogP contribution in [0.1, 0.15) is 18.4 Å². The van der Waals surface area contributed by atoms with Gasteiger partial charge >= 0.3 is 6.03 Å². The highest BCUT2D eigenvalue weighted by Gasteiger charge is 2.21. The zero-order valence-electron chi connectivity index (χ0n) is 14.6. The van der Waals surface area contributed by atoms with E-state index in [0.717, 1.165) is 37.5 Å². The Hall–Kier alpha value is -2.38. The predicted octanol–water partition coefficient (Wildman–Crippen LogP) is 2.22. The fourth-order valence-corrected chi connectivity index (χ4v) is 3.12. The Balaban J connectivity index is 1.46. The fraction of sp³-hybridized carbons (Fsp3) is 0.389. The van der Waals surface area contributed by atoms with Crippen LogP contribution >= 0.6 is 11.6 Å². The molecule has 7 nitrogen and oxygen atoms in total. The number of likely N-dealkylation sites (tertiary alicyclic amines) is 1. The maximum absolute atomic E-state index is 12.1. The van der Waals surface area contributed by atoms with Crippen molar-refractivity contribution in [2.75, 3.05) is 18.4 Å². The van der Waals surface area contributed by atoms with Crippen molar-refractivity contribution < 1.29 is 4.79 Å². The molecule has 2 N–H and O–H groups in total. The first kappa shape index (κ1) is 18.4. The number of anilines is 1. The van der Waals surface area contributed by atoms with Gasteiger partial charge in [-0.05, 0) is 30.5 Å². The van der Waals surface area contributed by atoms with Crippen LogP contribution in [0.25, 0.3) is 0 Å². The first-order valence-corrected chi connectivity index (χ1v) is 8.95. The Labute approximate surface area is 157 Å². The van der Waals surface area contributed by atoms with E-state index in [9.17, 15) is 9.59 Å². The molecule has 2 amide bonds. The standard InChI is InChI=1S/C18H22ClN5O2/c1-23-11-8-20-16(17(23)25)22-18(26)21-15-6-9-24(10-7-15)12-13-2-4-14(19)5-3-13/h2-5,8,11,15H,6-7,9-10,12H2,1H3,(H2,20,21,22,26). The van der Waals surface area contributed by atoms with E-state index in [-0.39, 0.29) is 17.4 Å². The van der Waals surface area contributed by atoms with E-state index in [1.54, 1.807) is 13.2 Å². The van der Waals surface area contributed by atoms with E-state index in [0.29, 0.717) is 0 Å². The SMILES string of the molecule is Cn1ccnc(NC(=O)NC2CCN(Cc3ccc(Cl)cc3)CC2)c1=O. The van der Waals surface area contributed by atoms with Crippen LogP contribution in [0.3, 0.4) is 0 Å². The molecule has 0 radical (unpaired) electrons. The van der Waals surface area contributed by atoms with Crippen molar-refractivity contribution >= 4 is 23.4 Å². The molecule has 0 aliphatic carbocycles. The second kappa shape index (κ2) is 8.33. The second-order valence-electron chi connectivity index (χ2n) is 6.47. The first-order valence-electron chi connectivity index (χ1n) is 8.57. The molecule has 0 spiro atoms. The Morgan fingerprint density at radius 1 is 1.27 bits per heavy atom. The molecule has 8 heteroatoms. The number of aryl methyl sites for hydroxylation is 1. The lowest BCUT2D eigenvalue weighted by Crippen LogP contribution is -2.46. The molecule has 138 valence electrons. The zero-order chi connectivity index (χ0) is 18.5. The normalized spacial score (nSPS) is 15.6. The number of amides is 2. The van der Waals surface area contributed by atoms with Crippen molar-refractivity contribution in [2.24, 2.45) is 7.05 Å². The summed E-state index contributed by atoms with van der Waals surface area (Å²) in [5.74, 6) is 0.0349. The lowest BCUT2D eigenvalue weighted by Gasteiger charge is -2.32. The number of hydrogen-bond donors (Lipinski definition) is 2. The molecule has 2 aromatic rings. The number of benzene rings is 1. The third kappa shape index (κ3) is 4.83. The van der Waals surface area contributed by atoms with Gasteiger partial charge in [0.1, 0.15) is 0 Å². The van der Waals surface area contributed by atoms with Gasteiger partial charge in [-0.3, -0.25) is 15.0 Å². The molecule has 1 aliphatic heterocycles. The van der Waals surface area contributed by atoms with Gasteiger partial charge in [0.2, 0.25) is 5.82 Å². The summed E-state index contributed by atoms with van der Waals surface area (Å²) >= 11 is 5.91. The number of nitrogens with one attached hydrogen (secondary N) is 2. The van der Waals surface area contributed by atoms with Gasteiger partial charge in [-0.2, -0.15) is 0 Å². The van der Waals surface area contributed by atoms with Crippen molar-refractivity contribution in [1.29, 1.82) is 0 Å². The van der Waals surface area contributed by atoms with Crippen molar-refractivity contribution in [3.05, 3.63) is 57.6 Å². The highest BCUT2D eigenvalue weighted by atomic mass is 35.5. The Kier molecular flexibility index (Phi) is 5.90. The monoisotopic (exact) mass is 375 g/mol. The maximum Gasteiger partial charge on any atom is 0.320 e. The molecule has 1 aromatic heterocycles. The number of hydrogen-bond acceptors (Lipinski definition) is 4. The first-order chi connectivity index (χ1) is 12.5. The Morgan fingerprint density at radius 2 is 1.96 bits per heavy atom. The molecule has 1 saturated heterocycles. The van der Waals surface area contributed by atoms with Gasteiger partial charge < -0.3 is 9.88 Å². The quantitative estimate of drug-likeness (QED) is 0.858. The lowest BCUT2D eigenvalue weighted by molar-refractivity contribution is 0.190. The minimum atomic E-state index is -0.392. The van der Waals surface area contributed by atoms with Crippen LogP contribution in [0.15, 0.2) is 41.5 Å². The van der Waals surface area contributed by atoms with Crippen LogP contribution in [0.4, 0.5) is 10.6 Å². The molecule has 3 rings (SSSR count). The van der Waals surface area contributed by atoms with Gasteiger partial charge in [-0.15, -0.1) is 0 Å². The zero-order valence-corrected chi connectivity index (χ0v) is 15.4. The molecule has 0 saturated carbocycles. The molecule has 1 aliphatic rings. The van der Waals surface area contributed by atoms with E-state index in [1.807, 2.05) is 24.3 Å². The average molecular weight is 376 g/mol. The molecule has 2 heterocycles. The van der Waals surface area contributed by atoms with E-state index >= 15 is 0 Å². The molecular formula is C18H22ClN5O2. The Bertz CT molecular complexity index is 813. The van der Waals surface area contributed by atoms with E-state index in [1.165, 1.54) is 16.3 Å². The highest BCUT2D eigenvalue weighted by molar-refractivity contribution is 6.30. The number of halogens is 1. The van der Waals surface area contributed by atoms with Crippen molar-refractivity contribution in [3.8, 4) is 0 Å².